The van der Waals surface area contributed by atoms with Crippen LogP contribution in [0.25, 0.3) is 0 Å². The Bertz CT molecular complexity index is 384. The first-order chi connectivity index (χ1) is 8.37. The highest BCUT2D eigenvalue weighted by atomic mass is 16.7. The van der Waals surface area contributed by atoms with Gasteiger partial charge in [0.25, 0.3) is 0 Å². The molecule has 1 aromatic carbocycles. The molecule has 1 aliphatic rings. The lowest BCUT2D eigenvalue weighted by Crippen LogP contribution is -2.41. The molecule has 1 atom stereocenters. The van der Waals surface area contributed by atoms with Crippen molar-refractivity contribution >= 4 is 7.12 Å². The smallest absolute Gasteiger partial charge is 0.403 e. The van der Waals surface area contributed by atoms with Crippen LogP contribution in [-0.4, -0.2) is 18.3 Å². The summed E-state index contributed by atoms with van der Waals surface area (Å²) in [6, 6.07) is 10.5. The predicted octanol–water partition coefficient (Wildman–Crippen LogP) is 3.81. The molecule has 98 valence electrons. The molecule has 18 heavy (non-hydrogen) atoms. The molecular weight excluding hydrogens is 223 g/mol. The molecular formula is C15H23BO2. The van der Waals surface area contributed by atoms with E-state index in [1.807, 2.05) is 6.07 Å². The molecule has 0 aliphatic carbocycles. The second kappa shape index (κ2) is 4.71. The van der Waals surface area contributed by atoms with E-state index < -0.39 is 0 Å². The zero-order chi connectivity index (χ0) is 13.4. The van der Waals surface area contributed by atoms with Gasteiger partial charge in [0.1, 0.15) is 0 Å². The maximum absolute atomic E-state index is 6.15. The molecule has 2 rings (SSSR count). The van der Waals surface area contributed by atoms with Crippen LogP contribution in [-0.2, 0) is 9.31 Å². The fourth-order valence-corrected chi connectivity index (χ4v) is 2.34. The summed E-state index contributed by atoms with van der Waals surface area (Å²) < 4.78 is 12.3. The third-order valence-corrected chi connectivity index (χ3v) is 4.27. The maximum atomic E-state index is 6.15. The van der Waals surface area contributed by atoms with Gasteiger partial charge in [-0.15, -0.1) is 0 Å². The highest BCUT2D eigenvalue weighted by molar-refractivity contribution is 6.47. The molecule has 1 aromatic rings. The third kappa shape index (κ3) is 2.34. The van der Waals surface area contributed by atoms with E-state index in [9.17, 15) is 0 Å². The topological polar surface area (TPSA) is 18.5 Å². The number of benzene rings is 1. The summed E-state index contributed by atoms with van der Waals surface area (Å²) in [6.07, 6.45) is 1.01. The van der Waals surface area contributed by atoms with Crippen molar-refractivity contribution < 1.29 is 9.31 Å². The van der Waals surface area contributed by atoms with Gasteiger partial charge in [-0.1, -0.05) is 43.7 Å². The molecule has 1 saturated heterocycles. The quantitative estimate of drug-likeness (QED) is 0.755. The minimum absolute atomic E-state index is 0.151. The van der Waals surface area contributed by atoms with Gasteiger partial charge in [0.05, 0.1) is 11.2 Å². The molecule has 0 saturated carbocycles. The van der Waals surface area contributed by atoms with Gasteiger partial charge in [0.15, 0.2) is 0 Å². The summed E-state index contributed by atoms with van der Waals surface area (Å²) in [6.45, 7) is 10.6. The molecule has 0 radical (unpaired) electrons. The van der Waals surface area contributed by atoms with E-state index in [0.29, 0.717) is 5.82 Å². The molecule has 0 amide bonds. The van der Waals surface area contributed by atoms with Gasteiger partial charge in [-0.3, -0.25) is 0 Å². The Hall–Kier alpha value is -0.795. The van der Waals surface area contributed by atoms with Crippen molar-refractivity contribution in [2.24, 2.45) is 0 Å². The van der Waals surface area contributed by atoms with Gasteiger partial charge < -0.3 is 9.31 Å². The van der Waals surface area contributed by atoms with E-state index >= 15 is 0 Å². The van der Waals surface area contributed by atoms with Crippen molar-refractivity contribution in [2.45, 2.75) is 58.1 Å². The lowest BCUT2D eigenvalue weighted by Gasteiger charge is -2.32. The first kappa shape index (κ1) is 13.6. The molecule has 1 unspecified atom stereocenters. The van der Waals surface area contributed by atoms with Crippen LogP contribution in [0.4, 0.5) is 0 Å². The molecule has 0 bridgehead atoms. The van der Waals surface area contributed by atoms with Gasteiger partial charge in [-0.05, 0) is 33.3 Å². The molecule has 0 spiro atoms. The van der Waals surface area contributed by atoms with Crippen molar-refractivity contribution in [3.63, 3.8) is 0 Å². The summed E-state index contributed by atoms with van der Waals surface area (Å²) >= 11 is 0. The summed E-state index contributed by atoms with van der Waals surface area (Å²) in [4.78, 5) is 0. The fourth-order valence-electron chi connectivity index (χ4n) is 2.34. The second-order valence-corrected chi connectivity index (χ2v) is 6.05. The average molecular weight is 246 g/mol. The Balaban J connectivity index is 2.22. The van der Waals surface area contributed by atoms with Crippen molar-refractivity contribution in [1.82, 2.24) is 0 Å². The molecule has 0 aromatic heterocycles. The molecule has 3 heteroatoms. The molecule has 1 aliphatic heterocycles. The van der Waals surface area contributed by atoms with Crippen molar-refractivity contribution in [3.05, 3.63) is 35.9 Å². The van der Waals surface area contributed by atoms with Crippen LogP contribution in [0, 0.1) is 0 Å². The largest absolute Gasteiger partial charge is 0.465 e. The van der Waals surface area contributed by atoms with Gasteiger partial charge in [-0.25, -0.2) is 0 Å². The second-order valence-electron chi connectivity index (χ2n) is 6.05. The van der Waals surface area contributed by atoms with Crippen LogP contribution < -0.4 is 0 Å². The van der Waals surface area contributed by atoms with E-state index in [0.717, 1.165) is 6.42 Å². The Labute approximate surface area is 111 Å². The highest BCUT2D eigenvalue weighted by Gasteiger charge is 2.53. The average Bonchev–Trinajstić information content (AvgIpc) is 2.50. The molecule has 2 nitrogen and oxygen atoms in total. The summed E-state index contributed by atoms with van der Waals surface area (Å²) in [5.41, 5.74) is 0.790. The van der Waals surface area contributed by atoms with Crippen LogP contribution in [0.2, 0.25) is 0 Å². The molecule has 1 fully saturated rings. The van der Waals surface area contributed by atoms with E-state index in [1.54, 1.807) is 0 Å². The summed E-state index contributed by atoms with van der Waals surface area (Å²) in [5.74, 6) is 0.298. The standard InChI is InChI=1S/C15H23BO2/c1-6-13(12-10-8-7-9-11-12)16-17-14(2,3)15(4,5)18-16/h7-11,13H,6H2,1-5H3. The number of rotatable bonds is 3. The van der Waals surface area contributed by atoms with Crippen molar-refractivity contribution in [2.75, 3.05) is 0 Å². The van der Waals surface area contributed by atoms with Crippen LogP contribution in [0.3, 0.4) is 0 Å². The monoisotopic (exact) mass is 246 g/mol. The van der Waals surface area contributed by atoms with Crippen molar-refractivity contribution in [3.8, 4) is 0 Å². The first-order valence-corrected chi connectivity index (χ1v) is 6.78. The zero-order valence-corrected chi connectivity index (χ0v) is 12.1. The SMILES string of the molecule is CCC(B1OC(C)(C)C(C)(C)O1)c1ccccc1. The van der Waals surface area contributed by atoms with Gasteiger partial charge >= 0.3 is 7.12 Å². The predicted molar refractivity (Wildman–Crippen MR) is 75.6 cm³/mol. The lowest BCUT2D eigenvalue weighted by molar-refractivity contribution is 0.00578. The van der Waals surface area contributed by atoms with Crippen LogP contribution >= 0.6 is 0 Å². The fraction of sp³-hybridized carbons (Fsp3) is 0.600. The van der Waals surface area contributed by atoms with Crippen molar-refractivity contribution in [1.29, 1.82) is 0 Å². The van der Waals surface area contributed by atoms with E-state index in [4.69, 9.17) is 9.31 Å². The third-order valence-electron chi connectivity index (χ3n) is 4.27. The Morgan fingerprint density at radius 2 is 1.50 bits per heavy atom. The van der Waals surface area contributed by atoms with Gasteiger partial charge in [-0.2, -0.15) is 0 Å². The van der Waals surface area contributed by atoms with Gasteiger partial charge in [0, 0.05) is 5.82 Å². The number of hydrogen-bond donors (Lipinski definition) is 0. The van der Waals surface area contributed by atoms with Crippen LogP contribution in [0.1, 0.15) is 52.4 Å². The Morgan fingerprint density at radius 1 is 1.00 bits per heavy atom. The highest BCUT2D eigenvalue weighted by Crippen LogP contribution is 2.41. The minimum Gasteiger partial charge on any atom is -0.403 e. The van der Waals surface area contributed by atoms with E-state index in [-0.39, 0.29) is 18.3 Å². The molecule has 0 N–H and O–H groups in total. The summed E-state index contributed by atoms with van der Waals surface area (Å²) in [7, 11) is -0.151. The lowest BCUT2D eigenvalue weighted by atomic mass is 9.66. The van der Waals surface area contributed by atoms with E-state index in [1.165, 1.54) is 5.56 Å². The van der Waals surface area contributed by atoms with Crippen LogP contribution in [0.5, 0.6) is 0 Å². The van der Waals surface area contributed by atoms with E-state index in [2.05, 4.69) is 58.9 Å². The number of hydrogen-bond acceptors (Lipinski definition) is 2. The molecule has 1 heterocycles. The first-order valence-electron chi connectivity index (χ1n) is 6.78. The van der Waals surface area contributed by atoms with Crippen LogP contribution in [0.15, 0.2) is 30.3 Å². The Morgan fingerprint density at radius 3 is 1.94 bits per heavy atom. The van der Waals surface area contributed by atoms with Gasteiger partial charge in [0.2, 0.25) is 0 Å². The maximum Gasteiger partial charge on any atom is 0.465 e. The minimum atomic E-state index is -0.250. The Kier molecular flexibility index (Phi) is 3.57. The normalized spacial score (nSPS) is 23.1. The zero-order valence-electron chi connectivity index (χ0n) is 12.1. The summed E-state index contributed by atoms with van der Waals surface area (Å²) in [5, 5.41) is 0.